The van der Waals surface area contributed by atoms with Crippen molar-refractivity contribution >= 4 is 15.9 Å². The van der Waals surface area contributed by atoms with Crippen LogP contribution in [0, 0.1) is 0 Å². The van der Waals surface area contributed by atoms with Crippen LogP contribution >= 0.6 is 0 Å². The van der Waals surface area contributed by atoms with Crippen molar-refractivity contribution in [3.05, 3.63) is 35.4 Å². The first-order valence-electron chi connectivity index (χ1n) is 5.45. The molecule has 0 aliphatic rings. The van der Waals surface area contributed by atoms with E-state index in [0.29, 0.717) is 11.5 Å². The molecule has 0 saturated carbocycles. The molecule has 17 heavy (non-hydrogen) atoms. The normalized spacial score (nSPS) is 11.5. The van der Waals surface area contributed by atoms with Crippen LogP contribution in [0.3, 0.4) is 0 Å². The molecule has 0 saturated heterocycles. The summed E-state index contributed by atoms with van der Waals surface area (Å²) in [4.78, 5) is 11.6. The fraction of sp³-hybridized carbons (Fsp3) is 0.417. The minimum Gasteiger partial charge on any atom is -0.266 e. The van der Waals surface area contributed by atoms with Crippen LogP contribution in [0.1, 0.15) is 42.6 Å². The Morgan fingerprint density at radius 1 is 1.24 bits per heavy atom. The van der Waals surface area contributed by atoms with Crippen LogP contribution in [0.5, 0.6) is 0 Å². The Labute approximate surface area is 102 Å². The minimum atomic E-state index is -3.62. The van der Waals surface area contributed by atoms with Gasteiger partial charge in [-0.05, 0) is 30.5 Å². The molecule has 1 aromatic rings. The van der Waals surface area contributed by atoms with E-state index in [2.05, 4.69) is 4.72 Å². The second-order valence-electron chi connectivity index (χ2n) is 4.04. The molecular weight excluding hydrogens is 238 g/mol. The summed E-state index contributed by atoms with van der Waals surface area (Å²) >= 11 is 0. The quantitative estimate of drug-likeness (QED) is 0.824. The van der Waals surface area contributed by atoms with Crippen molar-refractivity contribution in [1.82, 2.24) is 4.72 Å². The lowest BCUT2D eigenvalue weighted by atomic mass is 10.0. The predicted molar refractivity (Wildman–Crippen MR) is 66.5 cm³/mol. The molecule has 0 spiro atoms. The summed E-state index contributed by atoms with van der Waals surface area (Å²) < 4.78 is 25.5. The third kappa shape index (κ3) is 3.85. The zero-order chi connectivity index (χ0) is 13.1. The molecule has 1 aromatic carbocycles. The third-order valence-electron chi connectivity index (χ3n) is 2.41. The summed E-state index contributed by atoms with van der Waals surface area (Å²) in [7, 11) is -3.62. The minimum absolute atomic E-state index is 0.164. The van der Waals surface area contributed by atoms with Gasteiger partial charge in [0.25, 0.3) is 15.9 Å². The van der Waals surface area contributed by atoms with Gasteiger partial charge in [-0.1, -0.05) is 26.0 Å². The van der Waals surface area contributed by atoms with Crippen molar-refractivity contribution in [1.29, 1.82) is 0 Å². The van der Waals surface area contributed by atoms with E-state index in [-0.39, 0.29) is 5.75 Å². The number of benzene rings is 1. The molecule has 4 nitrogen and oxygen atoms in total. The molecule has 0 aromatic heterocycles. The monoisotopic (exact) mass is 254 g/mol. The fourth-order valence-electron chi connectivity index (χ4n) is 1.25. The lowest BCUT2D eigenvalue weighted by Crippen LogP contribution is -2.24. The average molecular weight is 254 g/mol. The maximum Gasteiger partial charge on any atom is 0.287 e. The van der Waals surface area contributed by atoms with E-state index in [0.717, 1.165) is 5.56 Å². The largest absolute Gasteiger partial charge is 0.287 e. The third-order valence-corrected chi connectivity index (χ3v) is 3.58. The van der Waals surface area contributed by atoms with Crippen molar-refractivity contribution in [2.45, 2.75) is 26.7 Å². The van der Waals surface area contributed by atoms with Crippen LogP contribution in [0.25, 0.3) is 0 Å². The summed E-state index contributed by atoms with van der Waals surface area (Å²) in [5, 5.41) is 0. The van der Waals surface area contributed by atoms with E-state index in [1.165, 1.54) is 6.92 Å². The Balaban J connectivity index is 2.84. The van der Waals surface area contributed by atoms with Crippen LogP contribution in [0.2, 0.25) is 0 Å². The maximum atomic E-state index is 11.6. The van der Waals surface area contributed by atoms with Crippen LogP contribution in [-0.2, 0) is 10.0 Å². The Morgan fingerprint density at radius 3 is 2.18 bits per heavy atom. The van der Waals surface area contributed by atoms with Gasteiger partial charge in [-0.25, -0.2) is 8.42 Å². The number of carbonyl (C=O) groups is 1. The first-order valence-corrected chi connectivity index (χ1v) is 7.06. The topological polar surface area (TPSA) is 65.3 Å². The second kappa shape index (κ2) is 5.31. The number of amides is 1. The Bertz CT molecular complexity index is 489. The lowest BCUT2D eigenvalue weighted by Gasteiger charge is -2.06. The summed E-state index contributed by atoms with van der Waals surface area (Å²) in [6.07, 6.45) is 0. The Morgan fingerprint density at radius 2 is 1.76 bits per heavy atom. The van der Waals surface area contributed by atoms with Gasteiger partial charge in [-0.15, -0.1) is 4.72 Å². The highest BCUT2D eigenvalue weighted by molar-refractivity contribution is 7.89. The van der Waals surface area contributed by atoms with Gasteiger partial charge in [-0.3, -0.25) is 4.79 Å². The maximum absolute atomic E-state index is 11.6. The predicted octanol–water partition coefficient (Wildman–Crippen LogP) is 1.90. The van der Waals surface area contributed by atoms with Crippen LogP contribution < -0.4 is 4.72 Å². The molecule has 5 heteroatoms. The lowest BCUT2D eigenvalue weighted by molar-refractivity contribution is 0.0978. The van der Waals surface area contributed by atoms with E-state index in [4.69, 9.17) is 0 Å². The van der Waals surface area contributed by atoms with Crippen molar-refractivity contribution in [2.75, 3.05) is 5.75 Å². The highest BCUT2D eigenvalue weighted by Crippen LogP contribution is 2.14. The molecule has 0 aliphatic carbocycles. The molecule has 0 unspecified atom stereocenters. The molecule has 0 aliphatic heterocycles. The molecule has 1 radical (unpaired) electrons. The summed E-state index contributed by atoms with van der Waals surface area (Å²) in [5.74, 6) is -0.499. The van der Waals surface area contributed by atoms with Crippen molar-refractivity contribution in [2.24, 2.45) is 0 Å². The standard InChI is InChI=1S/C12H16NO3S/c1-4-17(15,16)13-12(14)11-7-5-10(6-8-11)9(2)3/h5-9H,4H2,1-3H3. The van der Waals surface area contributed by atoms with Gasteiger partial charge in [0.1, 0.15) is 0 Å². The van der Waals surface area contributed by atoms with Gasteiger partial charge in [-0.2, -0.15) is 0 Å². The first kappa shape index (κ1) is 13.7. The second-order valence-corrected chi connectivity index (χ2v) is 5.97. The number of sulfonamides is 1. The fourth-order valence-corrected chi connectivity index (χ4v) is 1.74. The zero-order valence-electron chi connectivity index (χ0n) is 10.2. The molecule has 93 valence electrons. The van der Waals surface area contributed by atoms with E-state index in [9.17, 15) is 13.2 Å². The number of rotatable bonds is 4. The Kier molecular flexibility index (Phi) is 4.28. The molecular formula is C12H16NO3S. The smallest absolute Gasteiger partial charge is 0.266 e. The molecule has 0 atom stereocenters. The van der Waals surface area contributed by atoms with E-state index < -0.39 is 15.9 Å². The van der Waals surface area contributed by atoms with Gasteiger partial charge in [0.15, 0.2) is 0 Å². The van der Waals surface area contributed by atoms with E-state index >= 15 is 0 Å². The number of hydrogen-bond donors (Lipinski definition) is 0. The van der Waals surface area contributed by atoms with Crippen LogP contribution in [0.15, 0.2) is 24.3 Å². The molecule has 0 heterocycles. The average Bonchev–Trinajstić information content (AvgIpc) is 2.28. The van der Waals surface area contributed by atoms with Gasteiger partial charge in [0.2, 0.25) is 0 Å². The van der Waals surface area contributed by atoms with Gasteiger partial charge < -0.3 is 0 Å². The number of carbonyl (C=O) groups excluding carboxylic acids is 1. The summed E-state index contributed by atoms with van der Waals surface area (Å²) in [6, 6.07) is 6.83. The molecule has 0 bridgehead atoms. The van der Waals surface area contributed by atoms with Crippen LogP contribution in [0.4, 0.5) is 0 Å². The molecule has 1 rings (SSSR count). The number of nitrogens with zero attached hydrogens (tertiary/aromatic N) is 1. The van der Waals surface area contributed by atoms with Crippen molar-refractivity contribution < 1.29 is 13.2 Å². The van der Waals surface area contributed by atoms with Crippen molar-refractivity contribution in [3.63, 3.8) is 0 Å². The van der Waals surface area contributed by atoms with E-state index in [1.54, 1.807) is 12.1 Å². The first-order chi connectivity index (χ1) is 7.85. The van der Waals surface area contributed by atoms with Crippen molar-refractivity contribution in [3.8, 4) is 0 Å². The molecule has 0 fully saturated rings. The van der Waals surface area contributed by atoms with Gasteiger partial charge in [0, 0.05) is 5.56 Å². The highest BCUT2D eigenvalue weighted by atomic mass is 32.2. The van der Waals surface area contributed by atoms with Gasteiger partial charge in [0.05, 0.1) is 5.75 Å². The number of hydrogen-bond acceptors (Lipinski definition) is 3. The molecule has 1 amide bonds. The summed E-state index contributed by atoms with van der Waals surface area (Å²) in [5.41, 5.74) is 1.39. The van der Waals surface area contributed by atoms with Gasteiger partial charge >= 0.3 is 0 Å². The SMILES string of the molecule is CCS(=O)(=O)[N]C(=O)c1ccc(C(C)C)cc1. The highest BCUT2D eigenvalue weighted by Gasteiger charge is 2.16. The zero-order valence-corrected chi connectivity index (χ0v) is 11.0. The molecule has 0 N–H and O–H groups in total. The summed E-state index contributed by atoms with van der Waals surface area (Å²) in [6.45, 7) is 5.54. The van der Waals surface area contributed by atoms with E-state index in [1.807, 2.05) is 26.0 Å². The Hall–Kier alpha value is -1.36. The van der Waals surface area contributed by atoms with Crippen LogP contribution in [-0.4, -0.2) is 20.1 Å².